The Morgan fingerprint density at radius 1 is 1.26 bits per heavy atom. The lowest BCUT2D eigenvalue weighted by molar-refractivity contribution is 0.911. The highest BCUT2D eigenvalue weighted by Crippen LogP contribution is 2.33. The summed E-state index contributed by atoms with van der Waals surface area (Å²) in [6.45, 7) is 3.99. The third kappa shape index (κ3) is 3.16. The molecule has 0 amide bonds. The van der Waals surface area contributed by atoms with Gasteiger partial charge in [0.15, 0.2) is 4.34 Å². The van der Waals surface area contributed by atoms with E-state index in [0.717, 1.165) is 27.6 Å². The fourth-order valence-corrected chi connectivity index (χ4v) is 4.10. The van der Waals surface area contributed by atoms with Crippen LogP contribution in [0.4, 0.5) is 5.13 Å². The lowest BCUT2D eigenvalue weighted by Gasteiger charge is -2.10. The smallest absolute Gasteiger partial charge is 0.209 e. The molecule has 19 heavy (non-hydrogen) atoms. The van der Waals surface area contributed by atoms with E-state index < -0.39 is 0 Å². The summed E-state index contributed by atoms with van der Waals surface area (Å²) in [5, 5.41) is 10.7. The van der Waals surface area contributed by atoms with Crippen molar-refractivity contribution in [3.8, 4) is 0 Å². The molecular formula is C11H12ClN5S2. The number of nitrogens with zero attached hydrogens (tertiary/aromatic N) is 5. The molecule has 0 radical (unpaired) electrons. The predicted molar refractivity (Wildman–Crippen MR) is 77.3 cm³/mol. The molecule has 2 aromatic rings. The van der Waals surface area contributed by atoms with Crippen molar-refractivity contribution in [3.05, 3.63) is 17.0 Å². The van der Waals surface area contributed by atoms with E-state index in [1.807, 2.05) is 6.92 Å². The number of halogens is 1. The maximum atomic E-state index is 5.92. The predicted octanol–water partition coefficient (Wildman–Crippen LogP) is 3.04. The van der Waals surface area contributed by atoms with Crippen LogP contribution in [-0.2, 0) is 0 Å². The second-order valence-corrected chi connectivity index (χ2v) is 6.83. The standard InChI is InChI=1S/C11H12ClN5S2/c1-7-13-8(12)6-9(14-7)18-11-16-15-10(19-11)17-4-2-3-5-17/h6H,2-5H2,1H3. The van der Waals surface area contributed by atoms with Crippen LogP contribution in [0.5, 0.6) is 0 Å². The molecule has 0 aliphatic carbocycles. The topological polar surface area (TPSA) is 54.8 Å². The molecule has 2 aromatic heterocycles. The Labute approximate surface area is 124 Å². The summed E-state index contributed by atoms with van der Waals surface area (Å²) < 4.78 is 0.885. The van der Waals surface area contributed by atoms with E-state index in [9.17, 15) is 0 Å². The van der Waals surface area contributed by atoms with Crippen LogP contribution in [0.1, 0.15) is 18.7 Å². The van der Waals surface area contributed by atoms with Gasteiger partial charge in [0, 0.05) is 19.2 Å². The highest BCUT2D eigenvalue weighted by molar-refractivity contribution is 8.01. The third-order valence-corrected chi connectivity index (χ3v) is 4.89. The van der Waals surface area contributed by atoms with E-state index in [4.69, 9.17) is 11.6 Å². The van der Waals surface area contributed by atoms with Crippen molar-refractivity contribution >= 4 is 39.8 Å². The van der Waals surface area contributed by atoms with Crippen molar-refractivity contribution in [1.29, 1.82) is 0 Å². The van der Waals surface area contributed by atoms with Crippen molar-refractivity contribution < 1.29 is 0 Å². The molecule has 0 atom stereocenters. The quantitative estimate of drug-likeness (QED) is 0.812. The number of hydrogen-bond acceptors (Lipinski definition) is 7. The van der Waals surface area contributed by atoms with Gasteiger partial charge in [-0.2, -0.15) is 0 Å². The molecular weight excluding hydrogens is 302 g/mol. The number of rotatable bonds is 3. The molecule has 3 rings (SSSR count). The minimum atomic E-state index is 0.458. The minimum Gasteiger partial charge on any atom is -0.347 e. The molecule has 1 aliphatic rings. The van der Waals surface area contributed by atoms with Crippen molar-refractivity contribution in [2.24, 2.45) is 0 Å². The molecule has 0 unspecified atom stereocenters. The van der Waals surface area contributed by atoms with Gasteiger partial charge in [-0.25, -0.2) is 9.97 Å². The third-order valence-electron chi connectivity index (χ3n) is 2.75. The Morgan fingerprint density at radius 3 is 2.79 bits per heavy atom. The molecule has 0 bridgehead atoms. The van der Waals surface area contributed by atoms with Crippen LogP contribution >= 0.6 is 34.7 Å². The van der Waals surface area contributed by atoms with E-state index in [2.05, 4.69) is 25.1 Å². The van der Waals surface area contributed by atoms with Crippen LogP contribution < -0.4 is 4.90 Å². The van der Waals surface area contributed by atoms with Crippen molar-refractivity contribution in [3.63, 3.8) is 0 Å². The molecule has 0 spiro atoms. The van der Waals surface area contributed by atoms with Crippen LogP contribution in [0.15, 0.2) is 15.4 Å². The average molecular weight is 314 g/mol. The Hall–Kier alpha value is -0.920. The summed E-state index contributed by atoms with van der Waals surface area (Å²) in [5.74, 6) is 0.666. The molecule has 1 saturated heterocycles. The summed E-state index contributed by atoms with van der Waals surface area (Å²) in [7, 11) is 0. The first kappa shape index (κ1) is 13.1. The number of anilines is 1. The van der Waals surface area contributed by atoms with Crippen molar-refractivity contribution in [2.75, 3.05) is 18.0 Å². The lowest BCUT2D eigenvalue weighted by atomic mass is 10.4. The summed E-state index contributed by atoms with van der Waals surface area (Å²) in [6.07, 6.45) is 2.48. The molecule has 1 aliphatic heterocycles. The van der Waals surface area contributed by atoms with Crippen LogP contribution in [0.2, 0.25) is 5.15 Å². The second kappa shape index (κ2) is 5.60. The van der Waals surface area contributed by atoms with Crippen LogP contribution in [0, 0.1) is 6.92 Å². The van der Waals surface area contributed by atoms with E-state index >= 15 is 0 Å². The van der Waals surface area contributed by atoms with Gasteiger partial charge in [0.1, 0.15) is 16.0 Å². The largest absolute Gasteiger partial charge is 0.347 e. The van der Waals surface area contributed by atoms with E-state index in [0.29, 0.717) is 11.0 Å². The Morgan fingerprint density at radius 2 is 2.05 bits per heavy atom. The Kier molecular flexibility index (Phi) is 3.86. The van der Waals surface area contributed by atoms with Gasteiger partial charge in [-0.15, -0.1) is 10.2 Å². The van der Waals surface area contributed by atoms with Gasteiger partial charge in [-0.05, 0) is 31.5 Å². The van der Waals surface area contributed by atoms with Crippen LogP contribution in [-0.4, -0.2) is 33.3 Å². The lowest BCUT2D eigenvalue weighted by Crippen LogP contribution is -2.17. The molecule has 100 valence electrons. The number of aromatic nitrogens is 4. The van der Waals surface area contributed by atoms with Gasteiger partial charge in [-0.3, -0.25) is 0 Å². The first-order valence-electron chi connectivity index (χ1n) is 5.98. The van der Waals surface area contributed by atoms with Crippen LogP contribution in [0.25, 0.3) is 0 Å². The highest BCUT2D eigenvalue weighted by Gasteiger charge is 2.17. The zero-order valence-electron chi connectivity index (χ0n) is 10.3. The summed E-state index contributed by atoms with van der Waals surface area (Å²) in [4.78, 5) is 10.7. The Balaban J connectivity index is 1.76. The summed E-state index contributed by atoms with van der Waals surface area (Å²) in [6, 6.07) is 1.75. The zero-order valence-corrected chi connectivity index (χ0v) is 12.7. The first-order valence-corrected chi connectivity index (χ1v) is 7.99. The number of hydrogen-bond donors (Lipinski definition) is 0. The molecule has 8 heteroatoms. The van der Waals surface area contributed by atoms with Gasteiger partial charge in [0.2, 0.25) is 5.13 Å². The van der Waals surface area contributed by atoms with E-state index in [-0.39, 0.29) is 0 Å². The van der Waals surface area contributed by atoms with Gasteiger partial charge in [-0.1, -0.05) is 22.9 Å². The monoisotopic (exact) mass is 313 g/mol. The van der Waals surface area contributed by atoms with Gasteiger partial charge in [0.25, 0.3) is 0 Å². The van der Waals surface area contributed by atoms with Crippen LogP contribution in [0.3, 0.4) is 0 Å². The highest BCUT2D eigenvalue weighted by atomic mass is 35.5. The summed E-state index contributed by atoms with van der Waals surface area (Å²) >= 11 is 9.00. The second-order valence-electron chi connectivity index (χ2n) is 4.22. The van der Waals surface area contributed by atoms with E-state index in [1.165, 1.54) is 24.6 Å². The average Bonchev–Trinajstić information content (AvgIpc) is 2.96. The SMILES string of the molecule is Cc1nc(Cl)cc(Sc2nnc(N3CCCC3)s2)n1. The molecule has 0 saturated carbocycles. The first-order chi connectivity index (χ1) is 9.20. The fraction of sp³-hybridized carbons (Fsp3) is 0.455. The van der Waals surface area contributed by atoms with Gasteiger partial charge < -0.3 is 4.90 Å². The molecule has 5 nitrogen and oxygen atoms in total. The number of aryl methyl sites for hydroxylation is 1. The van der Waals surface area contributed by atoms with Crippen molar-refractivity contribution in [2.45, 2.75) is 29.1 Å². The molecule has 3 heterocycles. The van der Waals surface area contributed by atoms with Gasteiger partial charge in [0.05, 0.1) is 0 Å². The molecule has 0 N–H and O–H groups in total. The molecule has 0 aromatic carbocycles. The Bertz CT molecular complexity index is 562. The fourth-order valence-electron chi connectivity index (χ4n) is 1.93. The molecule has 1 fully saturated rings. The normalized spacial score (nSPS) is 15.2. The van der Waals surface area contributed by atoms with Gasteiger partial charge >= 0.3 is 0 Å². The van der Waals surface area contributed by atoms with Crippen molar-refractivity contribution in [1.82, 2.24) is 20.2 Å². The maximum Gasteiger partial charge on any atom is 0.209 e. The van der Waals surface area contributed by atoms with E-state index in [1.54, 1.807) is 17.4 Å². The summed E-state index contributed by atoms with van der Waals surface area (Å²) in [5.41, 5.74) is 0. The maximum absolute atomic E-state index is 5.92. The minimum absolute atomic E-state index is 0.458. The zero-order chi connectivity index (χ0) is 13.2.